The average Bonchev–Trinajstić information content (AvgIpc) is 2.62. The van der Waals surface area contributed by atoms with Crippen molar-refractivity contribution in [2.75, 3.05) is 13.7 Å². The van der Waals surface area contributed by atoms with Gasteiger partial charge in [-0.25, -0.2) is 0 Å². The third-order valence-corrected chi connectivity index (χ3v) is 3.85. The van der Waals surface area contributed by atoms with Crippen LogP contribution in [0.25, 0.3) is 0 Å². The lowest BCUT2D eigenvalue weighted by molar-refractivity contribution is 0.0963. The van der Waals surface area contributed by atoms with Crippen LogP contribution in [-0.2, 0) is 6.54 Å². The van der Waals surface area contributed by atoms with Crippen molar-refractivity contribution in [3.63, 3.8) is 0 Å². The first kappa shape index (κ1) is 17.2. The highest BCUT2D eigenvalue weighted by molar-refractivity contribution is 5.93. The first-order valence-electron chi connectivity index (χ1n) is 7.95. The Balaban J connectivity index is 1.99. The van der Waals surface area contributed by atoms with Crippen LogP contribution in [0.2, 0.25) is 0 Å². The molecule has 0 bridgehead atoms. The predicted molar refractivity (Wildman–Crippen MR) is 92.2 cm³/mol. The molecule has 0 saturated carbocycles. The number of carbonyl (C=O) groups excluding carboxylic acids is 1. The molecule has 0 aliphatic rings. The molecular weight excluding hydrogens is 288 g/mol. The van der Waals surface area contributed by atoms with Gasteiger partial charge in [-0.15, -0.1) is 0 Å². The van der Waals surface area contributed by atoms with E-state index in [2.05, 4.69) is 22.8 Å². The summed E-state index contributed by atoms with van der Waals surface area (Å²) in [7, 11) is 1.63. The minimum absolute atomic E-state index is 0.0744. The molecule has 0 aliphatic heterocycles. The van der Waals surface area contributed by atoms with Crippen LogP contribution in [0.3, 0.4) is 0 Å². The molecule has 1 unspecified atom stereocenters. The van der Waals surface area contributed by atoms with E-state index < -0.39 is 0 Å². The Kier molecular flexibility index (Phi) is 6.78. The number of amides is 1. The summed E-state index contributed by atoms with van der Waals surface area (Å²) in [5.74, 6) is -0.0744. The van der Waals surface area contributed by atoms with Crippen LogP contribution < -0.4 is 10.6 Å². The zero-order valence-corrected chi connectivity index (χ0v) is 13.5. The molecule has 2 aromatic carbocycles. The number of benzene rings is 2. The number of rotatable bonds is 8. The quantitative estimate of drug-likeness (QED) is 0.702. The third kappa shape index (κ3) is 5.20. The van der Waals surface area contributed by atoms with Gasteiger partial charge in [0.25, 0.3) is 5.91 Å². The van der Waals surface area contributed by atoms with Crippen LogP contribution in [0.4, 0.5) is 0 Å². The highest BCUT2D eigenvalue weighted by Gasteiger charge is 2.10. The lowest BCUT2D eigenvalue weighted by atomic mass is 10.0. The van der Waals surface area contributed by atoms with E-state index in [0.29, 0.717) is 5.56 Å². The summed E-state index contributed by atoms with van der Waals surface area (Å²) in [6.07, 6.45) is 1.65. The second-order valence-corrected chi connectivity index (χ2v) is 5.49. The monoisotopic (exact) mass is 312 g/mol. The largest absolute Gasteiger partial charge is 0.396 e. The van der Waals surface area contributed by atoms with Gasteiger partial charge in [0.15, 0.2) is 0 Å². The van der Waals surface area contributed by atoms with Crippen molar-refractivity contribution in [1.82, 2.24) is 10.6 Å². The Bertz CT molecular complexity index is 597. The van der Waals surface area contributed by atoms with Gasteiger partial charge in [-0.3, -0.25) is 4.79 Å². The van der Waals surface area contributed by atoms with Crippen molar-refractivity contribution < 1.29 is 9.90 Å². The van der Waals surface area contributed by atoms with Gasteiger partial charge in [0.2, 0.25) is 0 Å². The number of carbonyl (C=O) groups is 1. The van der Waals surface area contributed by atoms with E-state index in [0.717, 1.165) is 24.9 Å². The fourth-order valence-corrected chi connectivity index (χ4v) is 2.53. The minimum atomic E-state index is -0.0744. The Morgan fingerprint density at radius 2 is 1.78 bits per heavy atom. The van der Waals surface area contributed by atoms with E-state index >= 15 is 0 Å². The standard InChI is InChI=1S/C19H24N2O2/c1-20-19(23)17-11-9-15(10-12-17)14-21-18(8-5-13-22)16-6-3-2-4-7-16/h2-4,6-7,9-12,18,21-22H,5,8,13-14H2,1H3,(H,20,23). The highest BCUT2D eigenvalue weighted by atomic mass is 16.2. The minimum Gasteiger partial charge on any atom is -0.396 e. The smallest absolute Gasteiger partial charge is 0.251 e. The molecule has 4 heteroatoms. The molecule has 0 aromatic heterocycles. The van der Waals surface area contributed by atoms with Crippen LogP contribution in [0.5, 0.6) is 0 Å². The summed E-state index contributed by atoms with van der Waals surface area (Å²) in [5, 5.41) is 15.2. The van der Waals surface area contributed by atoms with Crippen molar-refractivity contribution in [2.45, 2.75) is 25.4 Å². The molecular formula is C19H24N2O2. The molecule has 0 spiro atoms. The summed E-state index contributed by atoms with van der Waals surface area (Å²) < 4.78 is 0. The highest BCUT2D eigenvalue weighted by Crippen LogP contribution is 2.19. The molecule has 1 atom stereocenters. The van der Waals surface area contributed by atoms with Crippen LogP contribution >= 0.6 is 0 Å². The van der Waals surface area contributed by atoms with Gasteiger partial charge in [0.1, 0.15) is 0 Å². The summed E-state index contributed by atoms with van der Waals surface area (Å²) in [6, 6.07) is 18.1. The molecule has 0 heterocycles. The Labute approximate surface area is 137 Å². The molecule has 23 heavy (non-hydrogen) atoms. The Hall–Kier alpha value is -2.17. The van der Waals surface area contributed by atoms with Gasteiger partial charge in [-0.05, 0) is 36.1 Å². The van der Waals surface area contributed by atoms with E-state index in [-0.39, 0.29) is 18.6 Å². The fourth-order valence-electron chi connectivity index (χ4n) is 2.53. The topological polar surface area (TPSA) is 61.4 Å². The SMILES string of the molecule is CNC(=O)c1ccc(CNC(CCCO)c2ccccc2)cc1. The molecule has 0 saturated heterocycles. The molecule has 3 N–H and O–H groups in total. The van der Waals surface area contributed by atoms with Gasteiger partial charge in [-0.2, -0.15) is 0 Å². The molecule has 1 amide bonds. The van der Waals surface area contributed by atoms with Crippen molar-refractivity contribution in [3.05, 3.63) is 71.3 Å². The van der Waals surface area contributed by atoms with Gasteiger partial charge in [0.05, 0.1) is 0 Å². The maximum Gasteiger partial charge on any atom is 0.251 e. The second-order valence-electron chi connectivity index (χ2n) is 5.49. The number of aliphatic hydroxyl groups is 1. The number of hydrogen-bond donors (Lipinski definition) is 3. The number of aliphatic hydroxyl groups excluding tert-OH is 1. The summed E-state index contributed by atoms with van der Waals surface area (Å²) in [5.41, 5.74) is 3.02. The molecule has 0 fully saturated rings. The van der Waals surface area contributed by atoms with E-state index in [9.17, 15) is 4.79 Å². The first-order valence-corrected chi connectivity index (χ1v) is 7.95. The summed E-state index contributed by atoms with van der Waals surface area (Å²) in [6.45, 7) is 0.921. The second kappa shape index (κ2) is 9.08. The van der Waals surface area contributed by atoms with Crippen LogP contribution in [0, 0.1) is 0 Å². The normalized spacial score (nSPS) is 11.9. The first-order chi connectivity index (χ1) is 11.2. The van der Waals surface area contributed by atoms with Crippen molar-refractivity contribution in [3.8, 4) is 0 Å². The molecule has 4 nitrogen and oxygen atoms in total. The fraction of sp³-hybridized carbons (Fsp3) is 0.316. The summed E-state index contributed by atoms with van der Waals surface area (Å²) in [4.78, 5) is 11.5. The lowest BCUT2D eigenvalue weighted by Crippen LogP contribution is -2.21. The van der Waals surface area contributed by atoms with Gasteiger partial charge < -0.3 is 15.7 Å². The molecule has 2 aromatic rings. The van der Waals surface area contributed by atoms with Gasteiger partial charge >= 0.3 is 0 Å². The maximum atomic E-state index is 11.5. The van der Waals surface area contributed by atoms with Crippen molar-refractivity contribution in [1.29, 1.82) is 0 Å². The van der Waals surface area contributed by atoms with Crippen LogP contribution in [-0.4, -0.2) is 24.7 Å². The van der Waals surface area contributed by atoms with Gasteiger partial charge in [0, 0.05) is 31.8 Å². The average molecular weight is 312 g/mol. The van der Waals surface area contributed by atoms with E-state index in [1.54, 1.807) is 7.05 Å². The lowest BCUT2D eigenvalue weighted by Gasteiger charge is -2.19. The van der Waals surface area contributed by atoms with E-state index in [4.69, 9.17) is 5.11 Å². The van der Waals surface area contributed by atoms with Crippen LogP contribution in [0.1, 0.15) is 40.4 Å². The molecule has 0 aliphatic carbocycles. The maximum absolute atomic E-state index is 11.5. The Morgan fingerprint density at radius 1 is 1.09 bits per heavy atom. The van der Waals surface area contributed by atoms with Gasteiger partial charge in [-0.1, -0.05) is 42.5 Å². The predicted octanol–water partition coefficient (Wildman–Crippen LogP) is 2.65. The molecule has 2 rings (SSSR count). The summed E-state index contributed by atoms with van der Waals surface area (Å²) >= 11 is 0. The van der Waals surface area contributed by atoms with E-state index in [1.165, 1.54) is 5.56 Å². The third-order valence-electron chi connectivity index (χ3n) is 3.85. The zero-order chi connectivity index (χ0) is 16.5. The van der Waals surface area contributed by atoms with Crippen LogP contribution in [0.15, 0.2) is 54.6 Å². The molecule has 122 valence electrons. The zero-order valence-electron chi connectivity index (χ0n) is 13.5. The molecule has 0 radical (unpaired) electrons. The van der Waals surface area contributed by atoms with Crippen molar-refractivity contribution in [2.24, 2.45) is 0 Å². The number of hydrogen-bond acceptors (Lipinski definition) is 3. The van der Waals surface area contributed by atoms with E-state index in [1.807, 2.05) is 42.5 Å². The van der Waals surface area contributed by atoms with Crippen molar-refractivity contribution >= 4 is 5.91 Å². The Morgan fingerprint density at radius 3 is 2.39 bits per heavy atom. The number of nitrogens with one attached hydrogen (secondary N) is 2.